The van der Waals surface area contributed by atoms with Gasteiger partial charge in [0.15, 0.2) is 11.5 Å². The second-order valence-corrected chi connectivity index (χ2v) is 8.29. The average molecular weight is 424 g/mol. The molecule has 5 rings (SSSR count). The van der Waals surface area contributed by atoms with Gasteiger partial charge in [-0.1, -0.05) is 23.7 Å². The molecule has 2 atom stereocenters. The van der Waals surface area contributed by atoms with Gasteiger partial charge in [-0.05, 0) is 37.5 Å². The zero-order valence-corrected chi connectivity index (χ0v) is 17.4. The number of hydrogen-bond donors (Lipinski definition) is 2. The van der Waals surface area contributed by atoms with Gasteiger partial charge in [0.2, 0.25) is 11.9 Å². The van der Waals surface area contributed by atoms with Crippen molar-refractivity contribution < 1.29 is 4.79 Å². The number of halogens is 1. The minimum absolute atomic E-state index is 0.116. The minimum atomic E-state index is -0.116. The Morgan fingerprint density at radius 2 is 2.10 bits per heavy atom. The fourth-order valence-electron chi connectivity index (χ4n) is 4.14. The zero-order valence-electron chi connectivity index (χ0n) is 16.6. The molecule has 0 spiro atoms. The van der Waals surface area contributed by atoms with Gasteiger partial charge in [-0.2, -0.15) is 4.98 Å². The van der Waals surface area contributed by atoms with E-state index >= 15 is 0 Å². The third kappa shape index (κ3) is 3.80. The minimum Gasteiger partial charge on any atom is -0.335 e. The van der Waals surface area contributed by atoms with Gasteiger partial charge in [0.05, 0.1) is 11.9 Å². The molecule has 2 N–H and O–H groups in total. The van der Waals surface area contributed by atoms with Crippen LogP contribution in [0.3, 0.4) is 0 Å². The smallest absolute Gasteiger partial charge is 0.228 e. The Hall–Kier alpha value is -2.84. The monoisotopic (exact) mass is 423 g/mol. The van der Waals surface area contributed by atoms with Crippen LogP contribution in [0.25, 0.3) is 11.2 Å². The highest BCUT2D eigenvalue weighted by atomic mass is 35.5. The Balaban J connectivity index is 1.28. The predicted molar refractivity (Wildman–Crippen MR) is 116 cm³/mol. The van der Waals surface area contributed by atoms with Crippen molar-refractivity contribution in [3.05, 3.63) is 46.7 Å². The molecule has 0 saturated carbocycles. The van der Waals surface area contributed by atoms with Gasteiger partial charge in [-0.25, -0.2) is 15.0 Å². The molecule has 9 heteroatoms. The fourth-order valence-corrected chi connectivity index (χ4v) is 4.26. The van der Waals surface area contributed by atoms with E-state index in [-0.39, 0.29) is 5.91 Å². The lowest BCUT2D eigenvalue weighted by Gasteiger charge is -2.27. The van der Waals surface area contributed by atoms with Crippen molar-refractivity contribution in [1.82, 2.24) is 25.3 Å². The number of rotatable bonds is 5. The molecule has 4 heterocycles. The lowest BCUT2D eigenvalue weighted by molar-refractivity contribution is -0.116. The van der Waals surface area contributed by atoms with Crippen LogP contribution >= 0.6 is 11.6 Å². The molecular formula is C21H22ClN7O. The second kappa shape index (κ2) is 7.77. The second-order valence-electron chi connectivity index (χ2n) is 7.86. The number of nitrogens with one attached hydrogen (secondary N) is 2. The van der Waals surface area contributed by atoms with Crippen LogP contribution in [-0.4, -0.2) is 51.0 Å². The van der Waals surface area contributed by atoms with Crippen LogP contribution in [0.1, 0.15) is 24.1 Å². The van der Waals surface area contributed by atoms with Crippen molar-refractivity contribution in [2.24, 2.45) is 0 Å². The van der Waals surface area contributed by atoms with Crippen LogP contribution < -0.4 is 15.5 Å². The van der Waals surface area contributed by atoms with Gasteiger partial charge in [-0.15, -0.1) is 0 Å². The first-order chi connectivity index (χ1) is 14.5. The number of benzene rings is 1. The number of nitrogens with zero attached hydrogens (tertiary/aromatic N) is 5. The fraction of sp³-hybridized carbons (Fsp3) is 0.381. The van der Waals surface area contributed by atoms with Crippen LogP contribution in [0, 0.1) is 6.92 Å². The highest BCUT2D eigenvalue weighted by molar-refractivity contribution is 6.30. The zero-order chi connectivity index (χ0) is 20.7. The summed E-state index contributed by atoms with van der Waals surface area (Å²) in [5, 5.41) is 6.99. The van der Waals surface area contributed by atoms with Crippen molar-refractivity contribution in [1.29, 1.82) is 0 Å². The largest absolute Gasteiger partial charge is 0.335 e. The molecule has 2 unspecified atom stereocenters. The third-order valence-corrected chi connectivity index (χ3v) is 5.96. The maximum Gasteiger partial charge on any atom is 0.228 e. The molecule has 2 saturated heterocycles. The van der Waals surface area contributed by atoms with E-state index in [1.54, 1.807) is 6.20 Å². The van der Waals surface area contributed by atoms with Crippen molar-refractivity contribution in [3.8, 4) is 0 Å². The van der Waals surface area contributed by atoms with E-state index in [1.165, 1.54) is 0 Å². The highest BCUT2D eigenvalue weighted by Gasteiger charge is 2.39. The Labute approximate surface area is 179 Å². The molecular weight excluding hydrogens is 402 g/mol. The standard InChI is InChI=1S/C21H22ClN7O/c1-12-19-20(28-21(25-12)29-11-15-8-16(29)9-23-15)24-10-17(27-19)26-18(30)7-4-13-2-5-14(22)6-3-13/h2-3,5-6,10,15-16,23H,4,7-9,11H2,1H3,(H,26,27,30). The summed E-state index contributed by atoms with van der Waals surface area (Å²) in [6.45, 7) is 3.80. The summed E-state index contributed by atoms with van der Waals surface area (Å²) in [5.74, 6) is 1.00. The summed E-state index contributed by atoms with van der Waals surface area (Å²) in [7, 11) is 0. The molecule has 30 heavy (non-hydrogen) atoms. The lowest BCUT2D eigenvalue weighted by Crippen LogP contribution is -2.44. The van der Waals surface area contributed by atoms with Crippen LogP contribution in [0.2, 0.25) is 5.02 Å². The number of aryl methyl sites for hydroxylation is 2. The average Bonchev–Trinajstić information content (AvgIpc) is 3.37. The van der Waals surface area contributed by atoms with Gasteiger partial charge in [0.25, 0.3) is 0 Å². The Morgan fingerprint density at radius 3 is 2.83 bits per heavy atom. The molecule has 2 aliphatic heterocycles. The van der Waals surface area contributed by atoms with Crippen LogP contribution in [0.5, 0.6) is 0 Å². The topological polar surface area (TPSA) is 95.9 Å². The summed E-state index contributed by atoms with van der Waals surface area (Å²) in [4.78, 5) is 32.8. The quantitative estimate of drug-likeness (QED) is 0.650. The van der Waals surface area contributed by atoms with E-state index in [0.29, 0.717) is 52.9 Å². The number of aromatic nitrogens is 4. The van der Waals surface area contributed by atoms with E-state index in [0.717, 1.165) is 30.8 Å². The van der Waals surface area contributed by atoms with Crippen molar-refractivity contribution in [2.45, 2.75) is 38.3 Å². The van der Waals surface area contributed by atoms with Crippen molar-refractivity contribution in [3.63, 3.8) is 0 Å². The molecule has 2 fully saturated rings. The molecule has 2 aromatic heterocycles. The number of carbonyl (C=O) groups is 1. The Kier molecular flexibility index (Phi) is 4.96. The Morgan fingerprint density at radius 1 is 1.27 bits per heavy atom. The van der Waals surface area contributed by atoms with Gasteiger partial charge in [0, 0.05) is 36.6 Å². The maximum atomic E-state index is 12.3. The molecule has 0 radical (unpaired) electrons. The van der Waals surface area contributed by atoms with Crippen molar-refractivity contribution >= 4 is 40.4 Å². The van der Waals surface area contributed by atoms with Gasteiger partial charge < -0.3 is 15.5 Å². The summed E-state index contributed by atoms with van der Waals surface area (Å²) in [6, 6.07) is 8.46. The molecule has 154 valence electrons. The predicted octanol–water partition coefficient (Wildman–Crippen LogP) is 2.50. The van der Waals surface area contributed by atoms with Gasteiger partial charge in [0.1, 0.15) is 5.52 Å². The van der Waals surface area contributed by atoms with E-state index in [4.69, 9.17) is 11.6 Å². The molecule has 2 bridgehead atoms. The normalized spacial score (nSPS) is 20.1. The van der Waals surface area contributed by atoms with Gasteiger partial charge >= 0.3 is 0 Å². The van der Waals surface area contributed by atoms with E-state index in [1.807, 2.05) is 31.2 Å². The highest BCUT2D eigenvalue weighted by Crippen LogP contribution is 2.28. The van der Waals surface area contributed by atoms with Crippen LogP contribution in [0.4, 0.5) is 11.8 Å². The molecule has 1 amide bonds. The number of anilines is 2. The van der Waals surface area contributed by atoms with Crippen LogP contribution in [-0.2, 0) is 11.2 Å². The first-order valence-corrected chi connectivity index (χ1v) is 10.5. The number of amides is 1. The molecule has 1 aromatic carbocycles. The third-order valence-electron chi connectivity index (χ3n) is 5.70. The SMILES string of the molecule is Cc1nc(N2CC3CC2CN3)nc2ncc(NC(=O)CCc3ccc(Cl)cc3)nc12. The number of fused-ring (bicyclic) bond motifs is 3. The maximum absolute atomic E-state index is 12.3. The first-order valence-electron chi connectivity index (χ1n) is 10.1. The lowest BCUT2D eigenvalue weighted by atomic mass is 10.1. The summed E-state index contributed by atoms with van der Waals surface area (Å²) >= 11 is 5.89. The summed E-state index contributed by atoms with van der Waals surface area (Å²) < 4.78 is 0. The molecule has 0 aliphatic carbocycles. The molecule has 8 nitrogen and oxygen atoms in total. The van der Waals surface area contributed by atoms with E-state index < -0.39 is 0 Å². The number of carbonyl (C=O) groups excluding carboxylic acids is 1. The van der Waals surface area contributed by atoms with E-state index in [9.17, 15) is 4.79 Å². The molecule has 3 aromatic rings. The van der Waals surface area contributed by atoms with Gasteiger partial charge in [-0.3, -0.25) is 4.79 Å². The van der Waals surface area contributed by atoms with Crippen molar-refractivity contribution in [2.75, 3.05) is 23.3 Å². The van der Waals surface area contributed by atoms with E-state index in [2.05, 4.69) is 35.5 Å². The Bertz CT molecular complexity index is 1100. The number of hydrogen-bond acceptors (Lipinski definition) is 7. The van der Waals surface area contributed by atoms with Crippen LogP contribution in [0.15, 0.2) is 30.5 Å². The molecule has 2 aliphatic rings. The number of piperazine rings is 1. The summed E-state index contributed by atoms with van der Waals surface area (Å²) in [5.41, 5.74) is 2.97. The first kappa shape index (κ1) is 19.1. The summed E-state index contributed by atoms with van der Waals surface area (Å²) in [6.07, 6.45) is 3.66.